The van der Waals surface area contributed by atoms with Crippen LogP contribution in [0.25, 0.3) is 6.08 Å². The van der Waals surface area contributed by atoms with Crippen LogP contribution >= 0.6 is 0 Å². The number of carbonyl (C=O) groups excluding carboxylic acids is 1. The van der Waals surface area contributed by atoms with Gasteiger partial charge >= 0.3 is 0 Å². The SMILES string of the molecule is C=CC(=O)N1CCN([C@@H]2CN3c4cc(N5CCC6(CC5)OC5(COC5)c5nccc(C)c56)nc(C(F)F)c4C=CC[C@@H]23)CC1. The molecule has 2 spiro atoms. The van der Waals surface area contributed by atoms with Gasteiger partial charge in [-0.05, 0) is 43.9 Å². The number of amides is 1. The van der Waals surface area contributed by atoms with Crippen molar-refractivity contribution in [3.05, 3.63) is 65.1 Å². The van der Waals surface area contributed by atoms with Gasteiger partial charge in [0, 0.05) is 81.3 Å². The zero-order valence-corrected chi connectivity index (χ0v) is 25.1. The van der Waals surface area contributed by atoms with Crippen LogP contribution in [-0.4, -0.2) is 96.8 Å². The van der Waals surface area contributed by atoms with Gasteiger partial charge in [-0.15, -0.1) is 0 Å². The van der Waals surface area contributed by atoms with Crippen molar-refractivity contribution >= 4 is 23.5 Å². The van der Waals surface area contributed by atoms with E-state index in [4.69, 9.17) is 14.5 Å². The van der Waals surface area contributed by atoms with Gasteiger partial charge in [0.15, 0.2) is 5.60 Å². The molecule has 2 aromatic heterocycles. The molecule has 4 saturated heterocycles. The molecule has 6 aliphatic rings. The molecule has 232 valence electrons. The van der Waals surface area contributed by atoms with Gasteiger partial charge in [0.1, 0.15) is 17.1 Å². The van der Waals surface area contributed by atoms with E-state index in [0.29, 0.717) is 56.8 Å². The number of nitrogens with zero attached hydrogens (tertiary/aromatic N) is 6. The maximum atomic E-state index is 14.5. The number of hydrogen-bond acceptors (Lipinski definition) is 8. The van der Waals surface area contributed by atoms with E-state index in [0.717, 1.165) is 50.3 Å². The predicted octanol–water partition coefficient (Wildman–Crippen LogP) is 3.78. The summed E-state index contributed by atoms with van der Waals surface area (Å²) >= 11 is 0. The Bertz CT molecular complexity index is 1530. The zero-order chi connectivity index (χ0) is 30.2. The number of aromatic nitrogens is 2. The van der Waals surface area contributed by atoms with Crippen molar-refractivity contribution in [3.8, 4) is 0 Å². The quantitative estimate of drug-likeness (QED) is 0.489. The first-order chi connectivity index (χ1) is 21.3. The van der Waals surface area contributed by atoms with Crippen LogP contribution in [0.1, 0.15) is 53.8 Å². The minimum Gasteiger partial charge on any atom is -0.374 e. The Hall–Kier alpha value is -3.41. The lowest BCUT2D eigenvalue weighted by atomic mass is 9.81. The number of hydrogen-bond donors (Lipinski definition) is 0. The average Bonchev–Trinajstić information content (AvgIpc) is 3.22. The molecule has 0 N–H and O–H groups in total. The molecule has 44 heavy (non-hydrogen) atoms. The molecule has 4 fully saturated rings. The number of alkyl halides is 2. The third-order valence-corrected chi connectivity index (χ3v) is 10.7. The third kappa shape index (κ3) is 4.15. The molecule has 2 aromatic rings. The van der Waals surface area contributed by atoms with Crippen molar-refractivity contribution in [2.24, 2.45) is 0 Å². The summed E-state index contributed by atoms with van der Waals surface area (Å²) in [5.74, 6) is 0.576. The predicted molar refractivity (Wildman–Crippen MR) is 162 cm³/mol. The van der Waals surface area contributed by atoms with Gasteiger partial charge < -0.3 is 24.2 Å². The Morgan fingerprint density at radius 2 is 1.89 bits per heavy atom. The smallest absolute Gasteiger partial charge is 0.281 e. The van der Waals surface area contributed by atoms with E-state index in [1.165, 1.54) is 17.2 Å². The first kappa shape index (κ1) is 28.1. The Labute approximate surface area is 256 Å². The van der Waals surface area contributed by atoms with E-state index in [1.807, 2.05) is 35.4 Å². The Morgan fingerprint density at radius 3 is 2.57 bits per heavy atom. The van der Waals surface area contributed by atoms with Crippen LogP contribution in [0.4, 0.5) is 20.3 Å². The maximum Gasteiger partial charge on any atom is 0.281 e. The van der Waals surface area contributed by atoms with Crippen molar-refractivity contribution < 1.29 is 23.0 Å². The highest BCUT2D eigenvalue weighted by atomic mass is 19.3. The van der Waals surface area contributed by atoms with Crippen molar-refractivity contribution in [1.29, 1.82) is 0 Å². The standard InChI is InChI=1S/C33H38F2N6O3/c1-3-27(42)40-15-13-38(14-16-40)25-18-41-23(25)6-4-5-22-24(41)17-26(37-29(22)31(34)35)39-11-8-32(9-12-39)28-21(2)7-10-36-30(28)33(44-32)19-43-20-33/h3-5,7,10,17,23,25,31H,1,6,8-9,11-16,18-20H2,2H3/t23-,25+/m0/s1. The summed E-state index contributed by atoms with van der Waals surface area (Å²) in [6.07, 6.45) is 6.65. The number of ether oxygens (including phenoxy) is 2. The number of pyridine rings is 2. The molecule has 0 bridgehead atoms. The third-order valence-electron chi connectivity index (χ3n) is 10.7. The Kier molecular flexibility index (Phi) is 6.59. The van der Waals surface area contributed by atoms with Crippen LogP contribution in [0.2, 0.25) is 0 Å². The lowest BCUT2D eigenvalue weighted by Gasteiger charge is -2.55. The lowest BCUT2D eigenvalue weighted by Crippen LogP contribution is -2.69. The highest BCUT2D eigenvalue weighted by Gasteiger charge is 2.59. The van der Waals surface area contributed by atoms with E-state index in [9.17, 15) is 13.6 Å². The molecule has 0 aliphatic carbocycles. The van der Waals surface area contributed by atoms with Crippen LogP contribution in [0, 0.1) is 6.92 Å². The molecule has 2 atom stereocenters. The molecule has 1 amide bonds. The van der Waals surface area contributed by atoms with Gasteiger partial charge in [-0.25, -0.2) is 13.8 Å². The maximum absolute atomic E-state index is 14.5. The summed E-state index contributed by atoms with van der Waals surface area (Å²) in [7, 11) is 0. The van der Waals surface area contributed by atoms with Gasteiger partial charge in [0.2, 0.25) is 5.91 Å². The minimum atomic E-state index is -2.68. The van der Waals surface area contributed by atoms with Crippen LogP contribution < -0.4 is 9.80 Å². The van der Waals surface area contributed by atoms with E-state index in [2.05, 4.69) is 33.2 Å². The summed E-state index contributed by atoms with van der Waals surface area (Å²) in [4.78, 5) is 30.1. The van der Waals surface area contributed by atoms with Crippen molar-refractivity contribution in [3.63, 3.8) is 0 Å². The average molecular weight is 605 g/mol. The number of carbonyl (C=O) groups is 1. The normalized spacial score (nSPS) is 26.6. The van der Waals surface area contributed by atoms with Gasteiger partial charge in [-0.3, -0.25) is 14.7 Å². The molecule has 0 aromatic carbocycles. The highest BCUT2D eigenvalue weighted by molar-refractivity contribution is 5.87. The van der Waals surface area contributed by atoms with Crippen LogP contribution in [0.5, 0.6) is 0 Å². The van der Waals surface area contributed by atoms with Crippen LogP contribution in [0.15, 0.2) is 37.1 Å². The fourth-order valence-corrected chi connectivity index (χ4v) is 8.35. The largest absolute Gasteiger partial charge is 0.374 e. The minimum absolute atomic E-state index is 0.0264. The van der Waals surface area contributed by atoms with Gasteiger partial charge in [-0.2, -0.15) is 0 Å². The summed E-state index contributed by atoms with van der Waals surface area (Å²) in [6.45, 7) is 11.8. The number of halogens is 2. The second-order valence-electron chi connectivity index (χ2n) is 13.0. The second kappa shape index (κ2) is 10.3. The lowest BCUT2D eigenvalue weighted by molar-refractivity contribution is -0.260. The number of piperidine rings is 1. The summed E-state index contributed by atoms with van der Waals surface area (Å²) in [5, 5.41) is 0. The van der Waals surface area contributed by atoms with Gasteiger partial charge in [0.05, 0.1) is 24.6 Å². The highest BCUT2D eigenvalue weighted by Crippen LogP contribution is 2.55. The fourth-order valence-electron chi connectivity index (χ4n) is 8.35. The van der Waals surface area contributed by atoms with Crippen molar-refractivity contribution in [2.75, 3.05) is 68.8 Å². The van der Waals surface area contributed by atoms with Crippen molar-refractivity contribution in [1.82, 2.24) is 19.8 Å². The molecule has 11 heteroatoms. The Morgan fingerprint density at radius 1 is 1.11 bits per heavy atom. The van der Waals surface area contributed by atoms with Gasteiger partial charge in [-0.1, -0.05) is 18.7 Å². The summed E-state index contributed by atoms with van der Waals surface area (Å²) in [5.41, 5.74) is 3.65. The number of piperazine rings is 1. The fraction of sp³-hybridized carbons (Fsp3) is 0.545. The Balaban J connectivity index is 1.04. The van der Waals surface area contributed by atoms with Crippen LogP contribution in [-0.2, 0) is 25.5 Å². The first-order valence-corrected chi connectivity index (χ1v) is 15.7. The van der Waals surface area contributed by atoms with E-state index in [1.54, 1.807) is 0 Å². The van der Waals surface area contributed by atoms with E-state index < -0.39 is 17.6 Å². The molecule has 0 unspecified atom stereocenters. The number of fused-ring (bicyclic) bond motifs is 6. The van der Waals surface area contributed by atoms with Crippen molar-refractivity contribution in [2.45, 2.75) is 55.9 Å². The molecule has 0 radical (unpaired) electrons. The summed E-state index contributed by atoms with van der Waals surface area (Å²) in [6, 6.07) is 4.57. The first-order valence-electron chi connectivity index (χ1n) is 15.7. The number of aryl methyl sites for hydroxylation is 1. The number of rotatable bonds is 4. The topological polar surface area (TPSA) is 74.3 Å². The molecular weight excluding hydrogens is 566 g/mol. The van der Waals surface area contributed by atoms with E-state index >= 15 is 0 Å². The van der Waals surface area contributed by atoms with E-state index in [-0.39, 0.29) is 17.6 Å². The molecule has 8 rings (SSSR count). The zero-order valence-electron chi connectivity index (χ0n) is 25.1. The number of anilines is 2. The molecule has 8 heterocycles. The second-order valence-corrected chi connectivity index (χ2v) is 13.0. The monoisotopic (exact) mass is 604 g/mol. The van der Waals surface area contributed by atoms with Gasteiger partial charge in [0.25, 0.3) is 6.43 Å². The molecule has 6 aliphatic heterocycles. The van der Waals surface area contributed by atoms with Crippen LogP contribution in [0.3, 0.4) is 0 Å². The molecule has 9 nitrogen and oxygen atoms in total. The molecule has 0 saturated carbocycles. The molecular formula is C33H38F2N6O3. The summed E-state index contributed by atoms with van der Waals surface area (Å²) < 4.78 is 41.5.